The lowest BCUT2D eigenvalue weighted by atomic mass is 10.2. The summed E-state index contributed by atoms with van der Waals surface area (Å²) in [5.74, 6) is -0.385. The summed E-state index contributed by atoms with van der Waals surface area (Å²) in [5.41, 5.74) is 0.435. The maximum Gasteiger partial charge on any atom is 0.237 e. The van der Waals surface area contributed by atoms with Crippen molar-refractivity contribution in [2.75, 3.05) is 12.4 Å². The summed E-state index contributed by atoms with van der Waals surface area (Å²) in [7, 11) is 1.41. The van der Waals surface area contributed by atoms with Crippen LogP contribution in [0.15, 0.2) is 18.2 Å². The highest BCUT2D eigenvalue weighted by Gasteiger charge is 2.11. The molecule has 15 heavy (non-hydrogen) atoms. The molecule has 1 unspecified atom stereocenters. The van der Waals surface area contributed by atoms with E-state index < -0.39 is 11.1 Å². The number of methoxy groups -OCH3 is 1. The van der Waals surface area contributed by atoms with Gasteiger partial charge in [0.25, 0.3) is 0 Å². The first-order chi connectivity index (χ1) is 7.04. The standard InChI is InChI=1S/C10H12FNO2S/c1-6(15)10(13)12-8-4-3-7(11)5-9(8)14-2/h3-6,15H,1-2H3,(H,12,13). The highest BCUT2D eigenvalue weighted by molar-refractivity contribution is 7.81. The Balaban J connectivity index is 2.89. The van der Waals surface area contributed by atoms with Gasteiger partial charge in [-0.2, -0.15) is 12.6 Å². The van der Waals surface area contributed by atoms with E-state index in [1.54, 1.807) is 6.92 Å². The summed E-state index contributed by atoms with van der Waals surface area (Å²) in [6.07, 6.45) is 0. The van der Waals surface area contributed by atoms with Gasteiger partial charge < -0.3 is 10.1 Å². The van der Waals surface area contributed by atoms with E-state index in [4.69, 9.17) is 4.74 Å². The van der Waals surface area contributed by atoms with Gasteiger partial charge in [-0.05, 0) is 19.1 Å². The third-order valence-corrected chi connectivity index (χ3v) is 2.04. The number of rotatable bonds is 3. The number of halogens is 1. The topological polar surface area (TPSA) is 38.3 Å². The fraction of sp³-hybridized carbons (Fsp3) is 0.300. The lowest BCUT2D eigenvalue weighted by Crippen LogP contribution is -2.20. The average molecular weight is 229 g/mol. The second kappa shape index (κ2) is 5.02. The molecule has 1 amide bonds. The number of nitrogens with one attached hydrogen (secondary N) is 1. The SMILES string of the molecule is COc1cc(F)ccc1NC(=O)C(C)S. The average Bonchev–Trinajstić information content (AvgIpc) is 2.20. The summed E-state index contributed by atoms with van der Waals surface area (Å²) in [6.45, 7) is 1.65. The lowest BCUT2D eigenvalue weighted by molar-refractivity contribution is -0.115. The first kappa shape index (κ1) is 11.8. The molecule has 0 radical (unpaired) electrons. The number of ether oxygens (including phenoxy) is 1. The van der Waals surface area contributed by atoms with Crippen molar-refractivity contribution in [3.8, 4) is 5.75 Å². The van der Waals surface area contributed by atoms with E-state index in [1.807, 2.05) is 0 Å². The van der Waals surface area contributed by atoms with Crippen molar-refractivity contribution in [3.63, 3.8) is 0 Å². The molecule has 0 bridgehead atoms. The van der Waals surface area contributed by atoms with E-state index in [0.29, 0.717) is 5.69 Å². The second-order valence-electron chi connectivity index (χ2n) is 3.01. The molecule has 5 heteroatoms. The first-order valence-corrected chi connectivity index (χ1v) is 4.88. The molecule has 0 saturated carbocycles. The van der Waals surface area contributed by atoms with Crippen LogP contribution in [0.4, 0.5) is 10.1 Å². The summed E-state index contributed by atoms with van der Waals surface area (Å²) in [5, 5.41) is 2.15. The van der Waals surface area contributed by atoms with Crippen molar-refractivity contribution in [1.29, 1.82) is 0 Å². The van der Waals surface area contributed by atoms with Crippen molar-refractivity contribution >= 4 is 24.2 Å². The molecule has 0 aliphatic heterocycles. The number of carbonyl (C=O) groups is 1. The molecule has 82 valence electrons. The van der Waals surface area contributed by atoms with Crippen molar-refractivity contribution < 1.29 is 13.9 Å². The maximum atomic E-state index is 12.8. The van der Waals surface area contributed by atoms with Crippen LogP contribution < -0.4 is 10.1 Å². The Morgan fingerprint density at radius 3 is 2.80 bits per heavy atom. The number of benzene rings is 1. The molecule has 1 aromatic carbocycles. The predicted octanol–water partition coefficient (Wildman–Crippen LogP) is 2.09. The van der Waals surface area contributed by atoms with E-state index in [2.05, 4.69) is 17.9 Å². The van der Waals surface area contributed by atoms with E-state index >= 15 is 0 Å². The van der Waals surface area contributed by atoms with Crippen LogP contribution in [0.1, 0.15) is 6.92 Å². The van der Waals surface area contributed by atoms with Crippen LogP contribution in [0.5, 0.6) is 5.75 Å². The minimum absolute atomic E-state index is 0.261. The third kappa shape index (κ3) is 3.13. The van der Waals surface area contributed by atoms with Crippen molar-refractivity contribution in [2.24, 2.45) is 0 Å². The summed E-state index contributed by atoms with van der Waals surface area (Å²) in [4.78, 5) is 11.3. The van der Waals surface area contributed by atoms with Crippen LogP contribution in [0.25, 0.3) is 0 Å². The zero-order valence-electron chi connectivity index (χ0n) is 8.45. The van der Waals surface area contributed by atoms with E-state index in [9.17, 15) is 9.18 Å². The summed E-state index contributed by atoms with van der Waals surface area (Å²) in [6, 6.07) is 3.91. The van der Waals surface area contributed by atoms with Crippen LogP contribution in [-0.4, -0.2) is 18.3 Å². The second-order valence-corrected chi connectivity index (χ2v) is 3.78. The number of anilines is 1. The van der Waals surface area contributed by atoms with Gasteiger partial charge in [-0.1, -0.05) is 0 Å². The largest absolute Gasteiger partial charge is 0.494 e. The van der Waals surface area contributed by atoms with Crippen molar-refractivity contribution in [2.45, 2.75) is 12.2 Å². The molecule has 0 heterocycles. The van der Waals surface area contributed by atoms with Gasteiger partial charge in [-0.3, -0.25) is 4.79 Å². The molecule has 0 aromatic heterocycles. The van der Waals surface area contributed by atoms with E-state index in [-0.39, 0.29) is 11.7 Å². The Morgan fingerprint density at radius 1 is 1.60 bits per heavy atom. The Kier molecular flexibility index (Phi) is 3.96. The van der Waals surface area contributed by atoms with E-state index in [1.165, 1.54) is 25.3 Å². The molecule has 1 rings (SSSR count). The van der Waals surface area contributed by atoms with Crippen LogP contribution in [0.3, 0.4) is 0 Å². The van der Waals surface area contributed by atoms with Crippen LogP contribution in [-0.2, 0) is 4.79 Å². The predicted molar refractivity (Wildman–Crippen MR) is 60.0 cm³/mol. The van der Waals surface area contributed by atoms with Gasteiger partial charge >= 0.3 is 0 Å². The molecule has 0 spiro atoms. The van der Waals surface area contributed by atoms with Gasteiger partial charge in [0.05, 0.1) is 18.0 Å². The van der Waals surface area contributed by atoms with Crippen LogP contribution >= 0.6 is 12.6 Å². The van der Waals surface area contributed by atoms with Gasteiger partial charge in [0.2, 0.25) is 5.91 Å². The van der Waals surface area contributed by atoms with Gasteiger partial charge in [-0.15, -0.1) is 0 Å². The smallest absolute Gasteiger partial charge is 0.237 e. The Bertz CT molecular complexity index is 368. The number of thiol groups is 1. The molecule has 0 aliphatic rings. The molecule has 0 fully saturated rings. The molecular formula is C10H12FNO2S. The molecule has 3 nitrogen and oxygen atoms in total. The number of hydrogen-bond acceptors (Lipinski definition) is 3. The van der Waals surface area contributed by atoms with Gasteiger partial charge in [0.1, 0.15) is 11.6 Å². The molecule has 1 atom stereocenters. The normalized spacial score (nSPS) is 12.0. The molecule has 0 saturated heterocycles. The zero-order valence-corrected chi connectivity index (χ0v) is 9.35. The van der Waals surface area contributed by atoms with Crippen LogP contribution in [0.2, 0.25) is 0 Å². The quantitative estimate of drug-likeness (QED) is 0.779. The number of hydrogen-bond donors (Lipinski definition) is 2. The maximum absolute atomic E-state index is 12.8. The third-order valence-electron chi connectivity index (χ3n) is 1.80. The lowest BCUT2D eigenvalue weighted by Gasteiger charge is -2.11. The fourth-order valence-corrected chi connectivity index (χ4v) is 1.07. The Morgan fingerprint density at radius 2 is 2.27 bits per heavy atom. The van der Waals surface area contributed by atoms with Gasteiger partial charge in [0, 0.05) is 6.07 Å². The van der Waals surface area contributed by atoms with Crippen LogP contribution in [0, 0.1) is 5.82 Å². The molecule has 0 aliphatic carbocycles. The van der Waals surface area contributed by atoms with Gasteiger partial charge in [0.15, 0.2) is 0 Å². The summed E-state index contributed by atoms with van der Waals surface area (Å²) < 4.78 is 17.7. The summed E-state index contributed by atoms with van der Waals surface area (Å²) >= 11 is 3.98. The number of carbonyl (C=O) groups excluding carboxylic acids is 1. The Hall–Kier alpha value is -1.23. The first-order valence-electron chi connectivity index (χ1n) is 4.37. The molecular weight excluding hydrogens is 217 g/mol. The minimum atomic E-state index is -0.431. The van der Waals surface area contributed by atoms with E-state index in [0.717, 1.165) is 0 Å². The zero-order chi connectivity index (χ0) is 11.4. The van der Waals surface area contributed by atoms with Crippen molar-refractivity contribution in [1.82, 2.24) is 0 Å². The minimum Gasteiger partial charge on any atom is -0.494 e. The molecule has 1 aromatic rings. The highest BCUT2D eigenvalue weighted by atomic mass is 32.1. The Labute approximate surface area is 93.0 Å². The fourth-order valence-electron chi connectivity index (χ4n) is 1.01. The number of amides is 1. The monoisotopic (exact) mass is 229 g/mol. The van der Waals surface area contributed by atoms with Crippen molar-refractivity contribution in [3.05, 3.63) is 24.0 Å². The highest BCUT2D eigenvalue weighted by Crippen LogP contribution is 2.25. The van der Waals surface area contributed by atoms with Gasteiger partial charge in [-0.25, -0.2) is 4.39 Å². The molecule has 1 N–H and O–H groups in total.